The molecule has 5 rings (SSSR count). The Hall–Kier alpha value is -3.51. The van der Waals surface area contributed by atoms with Crippen LogP contribution in [0, 0.1) is 11.1 Å². The summed E-state index contributed by atoms with van der Waals surface area (Å²) in [6.07, 6.45) is 0.854. The minimum absolute atomic E-state index is 0.00601. The van der Waals surface area contributed by atoms with Crippen LogP contribution in [-0.4, -0.2) is 41.5 Å². The van der Waals surface area contributed by atoms with Crippen LogP contribution in [0.2, 0.25) is 0 Å². The number of piperidine rings is 1. The Bertz CT molecular complexity index is 1420. The third-order valence-corrected chi connectivity index (χ3v) is 8.39. The lowest BCUT2D eigenvalue weighted by atomic mass is 9.84. The van der Waals surface area contributed by atoms with Crippen LogP contribution >= 0.6 is 0 Å². The first kappa shape index (κ1) is 23.2. The Morgan fingerprint density at radius 3 is 2.40 bits per heavy atom. The van der Waals surface area contributed by atoms with Crippen molar-refractivity contribution in [1.29, 1.82) is 0 Å². The highest BCUT2D eigenvalue weighted by molar-refractivity contribution is 7.89. The highest BCUT2D eigenvalue weighted by Crippen LogP contribution is 2.37. The standard InChI is InChI=1S/C24H23N4O6S/c29-23-3-1-2-22-18-12-16(14-27(22)23)13-26(15-18)35(33,34)21-10-6-19(7-11-21)25-24(30)17-4-8-20(9-5-17)28(31)32/h1-11,16,18,31H,12-15H2,(H,25,30)/q-1. The van der Waals surface area contributed by atoms with Gasteiger partial charge < -0.3 is 20.3 Å². The fraction of sp³-hybridized carbons (Fsp3) is 0.250. The number of carbonyl (C=O) groups excluding carboxylic acids is 1. The fourth-order valence-electron chi connectivity index (χ4n) is 4.85. The number of rotatable bonds is 5. The van der Waals surface area contributed by atoms with Gasteiger partial charge in [-0.2, -0.15) is 4.31 Å². The first-order valence-electron chi connectivity index (χ1n) is 11.1. The van der Waals surface area contributed by atoms with E-state index in [1.54, 1.807) is 10.6 Å². The topological polar surface area (TPSA) is 135 Å². The van der Waals surface area contributed by atoms with Gasteiger partial charge in [-0.05, 0) is 66.9 Å². The van der Waals surface area contributed by atoms with Crippen molar-refractivity contribution in [1.82, 2.24) is 8.87 Å². The molecule has 2 atom stereocenters. The summed E-state index contributed by atoms with van der Waals surface area (Å²) in [6, 6.07) is 16.5. The highest BCUT2D eigenvalue weighted by atomic mass is 32.2. The molecular formula is C24H23N4O6S-. The van der Waals surface area contributed by atoms with Gasteiger partial charge in [-0.25, -0.2) is 8.42 Å². The lowest BCUT2D eigenvalue weighted by Gasteiger charge is -2.42. The molecule has 2 N–H and O–H groups in total. The van der Waals surface area contributed by atoms with Crippen molar-refractivity contribution in [2.45, 2.75) is 23.8 Å². The van der Waals surface area contributed by atoms with Gasteiger partial charge in [0, 0.05) is 48.6 Å². The van der Waals surface area contributed by atoms with Crippen molar-refractivity contribution in [2.24, 2.45) is 5.92 Å². The smallest absolute Gasteiger partial charge is 0.255 e. The largest absolute Gasteiger partial charge is 0.733 e. The minimum Gasteiger partial charge on any atom is -0.733 e. The van der Waals surface area contributed by atoms with E-state index in [2.05, 4.69) is 5.32 Å². The van der Waals surface area contributed by atoms with Gasteiger partial charge >= 0.3 is 0 Å². The van der Waals surface area contributed by atoms with Crippen molar-refractivity contribution in [3.05, 3.63) is 93.5 Å². The Labute approximate surface area is 201 Å². The third kappa shape index (κ3) is 4.46. The van der Waals surface area contributed by atoms with Gasteiger partial charge in [0.1, 0.15) is 0 Å². The molecule has 35 heavy (non-hydrogen) atoms. The van der Waals surface area contributed by atoms with Gasteiger partial charge in [0.05, 0.1) is 10.6 Å². The van der Waals surface area contributed by atoms with Crippen molar-refractivity contribution >= 4 is 27.3 Å². The minimum atomic E-state index is -3.75. The van der Waals surface area contributed by atoms with Crippen LogP contribution in [0.4, 0.5) is 11.4 Å². The molecule has 1 saturated heterocycles. The van der Waals surface area contributed by atoms with Crippen LogP contribution in [-0.2, 0) is 16.6 Å². The van der Waals surface area contributed by atoms with E-state index in [0.717, 1.165) is 12.1 Å². The molecule has 0 saturated carbocycles. The zero-order valence-electron chi connectivity index (χ0n) is 18.6. The predicted molar refractivity (Wildman–Crippen MR) is 129 cm³/mol. The van der Waals surface area contributed by atoms with Crippen molar-refractivity contribution in [3.63, 3.8) is 0 Å². The summed E-state index contributed by atoms with van der Waals surface area (Å²) in [5.74, 6) is -0.406. The van der Waals surface area contributed by atoms with E-state index >= 15 is 0 Å². The van der Waals surface area contributed by atoms with Crippen molar-refractivity contribution in [2.75, 3.05) is 23.6 Å². The molecule has 2 aliphatic rings. The van der Waals surface area contributed by atoms with E-state index in [9.17, 15) is 23.2 Å². The first-order chi connectivity index (χ1) is 16.7. The van der Waals surface area contributed by atoms with E-state index in [4.69, 9.17) is 5.21 Å². The summed E-state index contributed by atoms with van der Waals surface area (Å²) < 4.78 is 30.0. The second-order valence-electron chi connectivity index (χ2n) is 8.82. The highest BCUT2D eigenvalue weighted by Gasteiger charge is 2.39. The van der Waals surface area contributed by atoms with Crippen molar-refractivity contribution < 1.29 is 18.4 Å². The molecule has 2 unspecified atom stereocenters. The molecule has 0 aliphatic carbocycles. The number of anilines is 2. The monoisotopic (exact) mass is 495 g/mol. The van der Waals surface area contributed by atoms with Gasteiger partial charge in [-0.15, -0.1) is 0 Å². The number of carbonyl (C=O) groups is 1. The summed E-state index contributed by atoms with van der Waals surface area (Å²) >= 11 is 0. The van der Waals surface area contributed by atoms with Crippen LogP contribution in [0.1, 0.15) is 28.4 Å². The number of sulfonamides is 1. The number of benzene rings is 2. The number of aromatic nitrogens is 1. The van der Waals surface area contributed by atoms with Crippen LogP contribution in [0.25, 0.3) is 0 Å². The lowest BCUT2D eigenvalue weighted by Crippen LogP contribution is -2.48. The Morgan fingerprint density at radius 1 is 1.00 bits per heavy atom. The molecule has 182 valence electrons. The number of amides is 1. The van der Waals surface area contributed by atoms with Crippen LogP contribution in [0.5, 0.6) is 0 Å². The number of fused-ring (bicyclic) bond motifs is 4. The van der Waals surface area contributed by atoms with Crippen LogP contribution in [0.15, 0.2) is 76.4 Å². The maximum Gasteiger partial charge on any atom is 0.255 e. The molecule has 1 amide bonds. The van der Waals surface area contributed by atoms with E-state index < -0.39 is 15.9 Å². The van der Waals surface area contributed by atoms with Crippen LogP contribution in [0.3, 0.4) is 0 Å². The third-order valence-electron chi connectivity index (χ3n) is 6.55. The number of hydrogen-bond acceptors (Lipinski definition) is 7. The number of pyridine rings is 1. The van der Waals surface area contributed by atoms with E-state index in [0.29, 0.717) is 25.3 Å². The summed E-state index contributed by atoms with van der Waals surface area (Å²) in [7, 11) is -3.75. The van der Waals surface area contributed by atoms with Gasteiger partial charge in [-0.3, -0.25) is 14.8 Å². The number of nitrogens with zero attached hydrogens (tertiary/aromatic N) is 3. The van der Waals surface area contributed by atoms with Gasteiger partial charge in [0.25, 0.3) is 11.5 Å². The zero-order valence-corrected chi connectivity index (χ0v) is 19.4. The molecule has 0 radical (unpaired) electrons. The second kappa shape index (κ2) is 8.93. The van der Waals surface area contributed by atoms with E-state index in [-0.39, 0.29) is 38.8 Å². The molecule has 1 aromatic heterocycles. The lowest BCUT2D eigenvalue weighted by molar-refractivity contribution is 0.102. The Morgan fingerprint density at radius 2 is 1.71 bits per heavy atom. The first-order valence-corrected chi connectivity index (χ1v) is 12.5. The number of nitrogens with one attached hydrogen (secondary N) is 1. The fourth-order valence-corrected chi connectivity index (χ4v) is 6.41. The quantitative estimate of drug-likeness (QED) is 0.520. The predicted octanol–water partition coefficient (Wildman–Crippen LogP) is 2.60. The van der Waals surface area contributed by atoms with Gasteiger partial charge in [-0.1, -0.05) is 6.07 Å². The summed E-state index contributed by atoms with van der Waals surface area (Å²) in [5, 5.41) is 22.1. The van der Waals surface area contributed by atoms with E-state index in [1.165, 1.54) is 58.9 Å². The maximum atomic E-state index is 13.4. The summed E-state index contributed by atoms with van der Waals surface area (Å²) in [5.41, 5.74) is 1.50. The average Bonchev–Trinajstić information content (AvgIpc) is 2.85. The average molecular weight is 496 g/mol. The number of hydrogen-bond donors (Lipinski definition) is 2. The zero-order chi connectivity index (χ0) is 24.7. The Kier molecular flexibility index (Phi) is 5.93. The van der Waals surface area contributed by atoms with Crippen LogP contribution < -0.4 is 16.1 Å². The summed E-state index contributed by atoms with van der Waals surface area (Å²) in [6.45, 7) is 1.17. The Balaban J connectivity index is 1.30. The molecule has 2 bridgehead atoms. The SMILES string of the molecule is O=C(Nc1ccc(S(=O)(=O)N2CC3CC(C2)c2cccc(=O)n2C3)cc1)c1ccc(N([O-])O)cc1. The van der Waals surface area contributed by atoms with Gasteiger partial charge in [0.15, 0.2) is 0 Å². The molecule has 1 fully saturated rings. The maximum absolute atomic E-state index is 13.4. The molecule has 3 aromatic rings. The second-order valence-corrected chi connectivity index (χ2v) is 10.8. The molecule has 3 heterocycles. The normalized spacial score (nSPS) is 19.6. The summed E-state index contributed by atoms with van der Waals surface area (Å²) in [4.78, 5) is 24.8. The molecule has 2 aliphatic heterocycles. The molecule has 0 spiro atoms. The molecule has 10 nitrogen and oxygen atoms in total. The van der Waals surface area contributed by atoms with Crippen molar-refractivity contribution in [3.8, 4) is 0 Å². The molecule has 2 aromatic carbocycles. The molecule has 11 heteroatoms. The van der Waals surface area contributed by atoms with Gasteiger partial charge in [0.2, 0.25) is 10.0 Å². The van der Waals surface area contributed by atoms with E-state index in [1.807, 2.05) is 6.07 Å². The molecular weight excluding hydrogens is 472 g/mol.